The molecule has 0 aromatic heterocycles. The van der Waals surface area contributed by atoms with E-state index in [9.17, 15) is 9.70 Å². The van der Waals surface area contributed by atoms with Crippen LogP contribution in [0.3, 0.4) is 0 Å². The first-order valence-electron chi connectivity index (χ1n) is 4.91. The zero-order chi connectivity index (χ0) is 12.0. The molecule has 0 unspecified atom stereocenters. The Morgan fingerprint density at radius 2 is 2.06 bits per heavy atom. The van der Waals surface area contributed by atoms with Crippen molar-refractivity contribution in [1.29, 1.82) is 0 Å². The van der Waals surface area contributed by atoms with Crippen LogP contribution in [-0.2, 0) is 4.74 Å². The Hall–Kier alpha value is -1.91. The van der Waals surface area contributed by atoms with E-state index in [1.165, 1.54) is 12.1 Å². The molecule has 0 fully saturated rings. The van der Waals surface area contributed by atoms with E-state index in [4.69, 9.17) is 4.74 Å². The van der Waals surface area contributed by atoms with Gasteiger partial charge in [0.15, 0.2) is 11.1 Å². The summed E-state index contributed by atoms with van der Waals surface area (Å²) in [6.45, 7) is 4.19. The van der Waals surface area contributed by atoms with Gasteiger partial charge in [-0.15, -0.1) is 4.91 Å². The van der Waals surface area contributed by atoms with E-state index in [1.807, 2.05) is 13.8 Å². The zero-order valence-electron chi connectivity index (χ0n) is 9.17. The molecule has 0 radical (unpaired) electrons. The van der Waals surface area contributed by atoms with Gasteiger partial charge in [0.05, 0.1) is 6.61 Å². The van der Waals surface area contributed by atoms with E-state index in [0.29, 0.717) is 6.61 Å². The molecule has 1 aromatic carbocycles. The molecule has 5 nitrogen and oxygen atoms in total. The molecule has 0 heterocycles. The predicted molar refractivity (Wildman–Crippen MR) is 58.0 cm³/mol. The molecule has 0 spiro atoms. The summed E-state index contributed by atoms with van der Waals surface area (Å²) in [5.74, 6) is -0.166. The van der Waals surface area contributed by atoms with Gasteiger partial charge in [-0.25, -0.2) is 4.79 Å². The minimum absolute atomic E-state index is 0.103. The number of carbonyl (C=O) groups is 1. The third-order valence-electron chi connectivity index (χ3n) is 1.79. The minimum Gasteiger partial charge on any atom is -0.462 e. The summed E-state index contributed by atoms with van der Waals surface area (Å²) in [5, 5.41) is 2.29. The fraction of sp³-hybridized carbons (Fsp3) is 0.364. The van der Waals surface area contributed by atoms with Crippen LogP contribution in [0.4, 0.5) is 0 Å². The van der Waals surface area contributed by atoms with E-state index in [2.05, 4.69) is 10.2 Å². The van der Waals surface area contributed by atoms with Gasteiger partial charge in [-0.3, -0.25) is 0 Å². The Morgan fingerprint density at radius 3 is 2.69 bits per heavy atom. The van der Waals surface area contributed by atoms with Crippen molar-refractivity contribution in [2.45, 2.75) is 13.8 Å². The van der Waals surface area contributed by atoms with E-state index < -0.39 is 5.97 Å². The van der Waals surface area contributed by atoms with E-state index >= 15 is 0 Å². The van der Waals surface area contributed by atoms with E-state index in [-0.39, 0.29) is 17.2 Å². The number of benzene rings is 1. The molecule has 1 aromatic rings. The second-order valence-electron chi connectivity index (χ2n) is 3.65. The molecular weight excluding hydrogens is 210 g/mol. The van der Waals surface area contributed by atoms with Crippen molar-refractivity contribution >= 4 is 5.97 Å². The van der Waals surface area contributed by atoms with Gasteiger partial charge in [-0.05, 0) is 18.1 Å². The van der Waals surface area contributed by atoms with E-state index in [0.717, 1.165) is 0 Å². The van der Waals surface area contributed by atoms with Gasteiger partial charge in [0.1, 0.15) is 5.56 Å². The number of carbonyl (C=O) groups excluding carboxylic acids is 1. The number of para-hydroxylation sites is 1. The molecule has 0 bridgehead atoms. The van der Waals surface area contributed by atoms with Gasteiger partial charge >= 0.3 is 5.97 Å². The fourth-order valence-corrected chi connectivity index (χ4v) is 1.08. The number of rotatable bonds is 5. The smallest absolute Gasteiger partial charge is 0.342 e. The van der Waals surface area contributed by atoms with Crippen LogP contribution in [0.15, 0.2) is 29.6 Å². The van der Waals surface area contributed by atoms with Crippen LogP contribution in [0.1, 0.15) is 24.2 Å². The Balaban J connectivity index is 2.77. The number of hydrogen-bond donors (Lipinski definition) is 0. The Morgan fingerprint density at radius 1 is 1.38 bits per heavy atom. The first kappa shape index (κ1) is 12.2. The lowest BCUT2D eigenvalue weighted by Crippen LogP contribution is -2.11. The van der Waals surface area contributed by atoms with Crippen molar-refractivity contribution in [3.63, 3.8) is 0 Å². The van der Waals surface area contributed by atoms with Crippen molar-refractivity contribution in [2.24, 2.45) is 11.3 Å². The minimum atomic E-state index is -0.520. The van der Waals surface area contributed by atoms with Gasteiger partial charge in [-0.2, -0.15) is 0 Å². The van der Waals surface area contributed by atoms with Crippen LogP contribution in [0.25, 0.3) is 0 Å². The number of hydrogen-bond acceptors (Lipinski definition) is 5. The molecule has 0 aliphatic rings. The quantitative estimate of drug-likeness (QED) is 0.437. The molecule has 0 saturated carbocycles. The first-order chi connectivity index (χ1) is 7.65. The second-order valence-corrected chi connectivity index (χ2v) is 3.65. The molecule has 5 heteroatoms. The first-order valence-corrected chi connectivity index (χ1v) is 4.91. The maximum Gasteiger partial charge on any atom is 0.342 e. The molecule has 0 atom stereocenters. The molecule has 16 heavy (non-hydrogen) atoms. The highest BCUT2D eigenvalue weighted by atomic mass is 16.7. The van der Waals surface area contributed by atoms with Gasteiger partial charge in [0.25, 0.3) is 0 Å². The largest absolute Gasteiger partial charge is 0.462 e. The molecule has 0 saturated heterocycles. The standard InChI is InChI=1S/C11H13NO4/c1-8(2)7-15-11(13)9-5-3-4-6-10(9)16-12-14/h3-6,8H,7H2,1-2H3. The monoisotopic (exact) mass is 223 g/mol. The number of esters is 1. The van der Waals surface area contributed by atoms with Crippen molar-refractivity contribution in [3.05, 3.63) is 34.7 Å². The van der Waals surface area contributed by atoms with Crippen LogP contribution in [0, 0.1) is 10.8 Å². The summed E-state index contributed by atoms with van der Waals surface area (Å²) in [4.78, 5) is 26.0. The molecular formula is C11H13NO4. The molecule has 1 rings (SSSR count). The third kappa shape index (κ3) is 3.34. The fourth-order valence-electron chi connectivity index (χ4n) is 1.08. The highest BCUT2D eigenvalue weighted by molar-refractivity contribution is 5.92. The molecule has 0 amide bonds. The topological polar surface area (TPSA) is 65.0 Å². The Labute approximate surface area is 93.3 Å². The average Bonchev–Trinajstić information content (AvgIpc) is 2.27. The summed E-state index contributed by atoms with van der Waals surface area (Å²) < 4.78 is 5.01. The lowest BCUT2D eigenvalue weighted by atomic mass is 10.2. The maximum absolute atomic E-state index is 11.6. The summed E-state index contributed by atoms with van der Waals surface area (Å²) in [6.07, 6.45) is 0. The number of ether oxygens (including phenoxy) is 1. The zero-order valence-corrected chi connectivity index (χ0v) is 9.17. The highest BCUT2D eigenvalue weighted by Gasteiger charge is 2.14. The van der Waals surface area contributed by atoms with Gasteiger partial charge in [0, 0.05) is 0 Å². The highest BCUT2D eigenvalue weighted by Crippen LogP contribution is 2.19. The van der Waals surface area contributed by atoms with Crippen LogP contribution in [0.5, 0.6) is 5.75 Å². The molecule has 0 N–H and O–H groups in total. The van der Waals surface area contributed by atoms with Crippen LogP contribution >= 0.6 is 0 Å². The van der Waals surface area contributed by atoms with Crippen molar-refractivity contribution in [1.82, 2.24) is 0 Å². The van der Waals surface area contributed by atoms with Crippen LogP contribution in [0.2, 0.25) is 0 Å². The summed E-state index contributed by atoms with van der Waals surface area (Å²) >= 11 is 0. The van der Waals surface area contributed by atoms with Crippen molar-refractivity contribution in [3.8, 4) is 5.75 Å². The van der Waals surface area contributed by atoms with Crippen LogP contribution in [-0.4, -0.2) is 12.6 Å². The normalized spacial score (nSPS) is 9.94. The SMILES string of the molecule is CC(C)COC(=O)c1ccccc1ON=O. The van der Waals surface area contributed by atoms with Gasteiger partial charge in [-0.1, -0.05) is 26.0 Å². The van der Waals surface area contributed by atoms with Crippen molar-refractivity contribution in [2.75, 3.05) is 6.61 Å². The number of nitrogens with zero attached hydrogens (tertiary/aromatic N) is 1. The third-order valence-corrected chi connectivity index (χ3v) is 1.79. The maximum atomic E-state index is 11.6. The van der Waals surface area contributed by atoms with Crippen LogP contribution < -0.4 is 4.84 Å². The van der Waals surface area contributed by atoms with Gasteiger partial charge in [0.2, 0.25) is 0 Å². The Bertz CT molecular complexity index is 376. The summed E-state index contributed by atoms with van der Waals surface area (Å²) in [5.41, 5.74) is 0.197. The molecule has 0 aliphatic heterocycles. The second kappa shape index (κ2) is 5.85. The van der Waals surface area contributed by atoms with Crippen molar-refractivity contribution < 1.29 is 14.4 Å². The molecule has 0 aliphatic carbocycles. The summed E-state index contributed by atoms with van der Waals surface area (Å²) in [6, 6.07) is 6.29. The van der Waals surface area contributed by atoms with Gasteiger partial charge < -0.3 is 9.57 Å². The average molecular weight is 223 g/mol. The molecule has 86 valence electrons. The predicted octanol–water partition coefficient (Wildman–Crippen LogP) is 2.56. The lowest BCUT2D eigenvalue weighted by molar-refractivity contribution is 0.0454. The van der Waals surface area contributed by atoms with E-state index in [1.54, 1.807) is 12.1 Å². The lowest BCUT2D eigenvalue weighted by Gasteiger charge is -2.08. The Kier molecular flexibility index (Phi) is 4.44. The summed E-state index contributed by atoms with van der Waals surface area (Å²) in [7, 11) is 0.